The van der Waals surface area contributed by atoms with Gasteiger partial charge in [-0.1, -0.05) is 5.16 Å². The fourth-order valence-corrected chi connectivity index (χ4v) is 2.97. The normalized spacial score (nSPS) is 21.8. The Kier molecular flexibility index (Phi) is 4.02. The van der Waals surface area contributed by atoms with Gasteiger partial charge in [0.15, 0.2) is 5.82 Å². The molecule has 0 bridgehead atoms. The molecule has 1 unspecified atom stereocenters. The molecule has 1 aliphatic rings. The Balaban J connectivity index is 1.86. The highest BCUT2D eigenvalue weighted by Gasteiger charge is 2.17. The number of thioether (sulfide) groups is 1. The molecule has 0 saturated carbocycles. The Hall–Kier alpha value is -0.550. The Morgan fingerprint density at radius 3 is 3.27 bits per heavy atom. The molecule has 1 atom stereocenters. The lowest BCUT2D eigenvalue weighted by Gasteiger charge is -2.19. The van der Waals surface area contributed by atoms with Crippen LogP contribution in [0, 0.1) is 5.92 Å². The summed E-state index contributed by atoms with van der Waals surface area (Å²) >= 11 is 2.04. The Morgan fingerprint density at radius 1 is 1.60 bits per heavy atom. The first kappa shape index (κ1) is 11.0. The summed E-state index contributed by atoms with van der Waals surface area (Å²) in [4.78, 5) is 4.34. The molecular weight excluding hydrogens is 210 g/mol. The predicted molar refractivity (Wildman–Crippen MR) is 60.8 cm³/mol. The van der Waals surface area contributed by atoms with Gasteiger partial charge < -0.3 is 9.84 Å². The third kappa shape index (κ3) is 3.21. The summed E-state index contributed by atoms with van der Waals surface area (Å²) in [5.74, 6) is 4.84. The summed E-state index contributed by atoms with van der Waals surface area (Å²) in [6.45, 7) is 0.683. The zero-order valence-electron chi connectivity index (χ0n) is 9.03. The number of hydrogen-bond donors (Lipinski definition) is 1. The van der Waals surface area contributed by atoms with Gasteiger partial charge in [-0.2, -0.15) is 16.7 Å². The summed E-state index contributed by atoms with van der Waals surface area (Å²) in [5.41, 5.74) is 0. The highest BCUT2D eigenvalue weighted by atomic mass is 32.2. The van der Waals surface area contributed by atoms with E-state index in [0.717, 1.165) is 24.1 Å². The van der Waals surface area contributed by atoms with E-state index in [1.807, 2.05) is 18.8 Å². The van der Waals surface area contributed by atoms with Gasteiger partial charge in [-0.3, -0.25) is 0 Å². The van der Waals surface area contributed by atoms with Gasteiger partial charge in [-0.05, 0) is 37.3 Å². The van der Waals surface area contributed by atoms with Crippen LogP contribution in [-0.4, -0.2) is 28.7 Å². The SMILES string of the molecule is CNCc1noc(CC2CCCSC2)n1. The number of aromatic nitrogens is 2. The molecule has 84 valence electrons. The molecule has 1 aromatic heterocycles. The molecule has 2 rings (SSSR count). The second kappa shape index (κ2) is 5.51. The van der Waals surface area contributed by atoms with Crippen LogP contribution in [0.2, 0.25) is 0 Å². The van der Waals surface area contributed by atoms with Gasteiger partial charge in [0.25, 0.3) is 0 Å². The minimum absolute atomic E-state index is 0.683. The molecule has 0 amide bonds. The summed E-state index contributed by atoms with van der Waals surface area (Å²) in [6.07, 6.45) is 3.58. The Bertz CT molecular complexity index is 297. The van der Waals surface area contributed by atoms with Crippen LogP contribution in [0.1, 0.15) is 24.6 Å². The van der Waals surface area contributed by atoms with Gasteiger partial charge in [0.1, 0.15) is 0 Å². The summed E-state index contributed by atoms with van der Waals surface area (Å²) in [5, 5.41) is 6.93. The van der Waals surface area contributed by atoms with Crippen molar-refractivity contribution in [2.45, 2.75) is 25.8 Å². The molecular formula is C10H17N3OS. The highest BCUT2D eigenvalue weighted by molar-refractivity contribution is 7.99. The molecule has 0 spiro atoms. The van der Waals surface area contributed by atoms with E-state index in [2.05, 4.69) is 15.5 Å². The van der Waals surface area contributed by atoms with E-state index >= 15 is 0 Å². The molecule has 0 radical (unpaired) electrons. The van der Waals surface area contributed by atoms with Crippen LogP contribution in [0.3, 0.4) is 0 Å². The molecule has 0 aliphatic carbocycles. The van der Waals surface area contributed by atoms with Crippen molar-refractivity contribution >= 4 is 11.8 Å². The van der Waals surface area contributed by atoms with Gasteiger partial charge in [0.05, 0.1) is 6.54 Å². The topological polar surface area (TPSA) is 51.0 Å². The number of nitrogens with zero attached hydrogens (tertiary/aromatic N) is 2. The lowest BCUT2D eigenvalue weighted by molar-refractivity contribution is 0.348. The van der Waals surface area contributed by atoms with Crippen molar-refractivity contribution in [3.8, 4) is 0 Å². The minimum Gasteiger partial charge on any atom is -0.339 e. The molecule has 2 heterocycles. The number of rotatable bonds is 4. The Labute approximate surface area is 94.2 Å². The van der Waals surface area contributed by atoms with Crippen molar-refractivity contribution in [1.82, 2.24) is 15.5 Å². The molecule has 1 N–H and O–H groups in total. The minimum atomic E-state index is 0.683. The average Bonchev–Trinajstić information content (AvgIpc) is 2.68. The summed E-state index contributed by atoms with van der Waals surface area (Å²) < 4.78 is 5.21. The van der Waals surface area contributed by atoms with Crippen molar-refractivity contribution in [2.75, 3.05) is 18.6 Å². The van der Waals surface area contributed by atoms with Crippen molar-refractivity contribution in [1.29, 1.82) is 0 Å². The first-order valence-electron chi connectivity index (χ1n) is 5.42. The van der Waals surface area contributed by atoms with Gasteiger partial charge in [-0.25, -0.2) is 0 Å². The smallest absolute Gasteiger partial charge is 0.226 e. The van der Waals surface area contributed by atoms with Crippen molar-refractivity contribution in [2.24, 2.45) is 5.92 Å². The standard InChI is InChI=1S/C10H17N3OS/c1-11-6-9-12-10(14-13-9)5-8-3-2-4-15-7-8/h8,11H,2-7H2,1H3. The molecule has 1 fully saturated rings. The molecule has 1 saturated heterocycles. The lowest BCUT2D eigenvalue weighted by atomic mass is 10.0. The van der Waals surface area contributed by atoms with E-state index in [1.54, 1.807) is 0 Å². The van der Waals surface area contributed by atoms with Crippen LogP contribution in [-0.2, 0) is 13.0 Å². The monoisotopic (exact) mass is 227 g/mol. The Morgan fingerprint density at radius 2 is 2.53 bits per heavy atom. The summed E-state index contributed by atoms with van der Waals surface area (Å²) in [7, 11) is 1.88. The van der Waals surface area contributed by atoms with Crippen molar-refractivity contribution in [3.63, 3.8) is 0 Å². The van der Waals surface area contributed by atoms with E-state index in [0.29, 0.717) is 6.54 Å². The zero-order chi connectivity index (χ0) is 10.5. The maximum atomic E-state index is 5.21. The number of nitrogens with one attached hydrogen (secondary N) is 1. The van der Waals surface area contributed by atoms with E-state index < -0.39 is 0 Å². The van der Waals surface area contributed by atoms with Crippen molar-refractivity contribution in [3.05, 3.63) is 11.7 Å². The van der Waals surface area contributed by atoms with Gasteiger partial charge in [-0.15, -0.1) is 0 Å². The van der Waals surface area contributed by atoms with Gasteiger partial charge in [0.2, 0.25) is 5.89 Å². The fourth-order valence-electron chi connectivity index (χ4n) is 1.82. The lowest BCUT2D eigenvalue weighted by Crippen LogP contribution is -2.13. The molecule has 1 aromatic rings. The first-order valence-corrected chi connectivity index (χ1v) is 6.57. The second-order valence-electron chi connectivity index (χ2n) is 3.92. The molecule has 1 aliphatic heterocycles. The van der Waals surface area contributed by atoms with Crippen LogP contribution >= 0.6 is 11.8 Å². The van der Waals surface area contributed by atoms with Crippen molar-refractivity contribution < 1.29 is 4.52 Å². The fraction of sp³-hybridized carbons (Fsp3) is 0.800. The van der Waals surface area contributed by atoms with Gasteiger partial charge in [0, 0.05) is 6.42 Å². The second-order valence-corrected chi connectivity index (χ2v) is 5.07. The van der Waals surface area contributed by atoms with Crippen LogP contribution in [0.15, 0.2) is 4.52 Å². The van der Waals surface area contributed by atoms with Gasteiger partial charge >= 0.3 is 0 Å². The zero-order valence-corrected chi connectivity index (χ0v) is 9.85. The third-order valence-corrected chi connectivity index (χ3v) is 3.85. The summed E-state index contributed by atoms with van der Waals surface area (Å²) in [6, 6.07) is 0. The largest absolute Gasteiger partial charge is 0.339 e. The van der Waals surface area contributed by atoms with E-state index in [9.17, 15) is 0 Å². The average molecular weight is 227 g/mol. The molecule has 0 aromatic carbocycles. The van der Waals surface area contributed by atoms with E-state index in [-0.39, 0.29) is 0 Å². The van der Waals surface area contributed by atoms with Crippen LogP contribution in [0.25, 0.3) is 0 Å². The van der Waals surface area contributed by atoms with E-state index in [1.165, 1.54) is 24.3 Å². The third-order valence-electron chi connectivity index (χ3n) is 2.56. The van der Waals surface area contributed by atoms with E-state index in [4.69, 9.17) is 4.52 Å². The predicted octanol–water partition coefficient (Wildman–Crippen LogP) is 1.47. The molecule has 5 heteroatoms. The maximum absolute atomic E-state index is 5.21. The maximum Gasteiger partial charge on any atom is 0.226 e. The number of hydrogen-bond acceptors (Lipinski definition) is 5. The van der Waals surface area contributed by atoms with Crippen LogP contribution in [0.5, 0.6) is 0 Å². The quantitative estimate of drug-likeness (QED) is 0.844. The highest BCUT2D eigenvalue weighted by Crippen LogP contribution is 2.25. The molecule has 4 nitrogen and oxygen atoms in total. The molecule has 15 heavy (non-hydrogen) atoms. The first-order chi connectivity index (χ1) is 7.38. The van der Waals surface area contributed by atoms with Crippen LogP contribution in [0.4, 0.5) is 0 Å². The van der Waals surface area contributed by atoms with Crippen LogP contribution < -0.4 is 5.32 Å².